The average molecular weight is 669 g/mol. The van der Waals surface area contributed by atoms with Crippen LogP contribution in [-0.4, -0.2) is 62.9 Å². The Morgan fingerprint density at radius 1 is 1.06 bits per heavy atom. The van der Waals surface area contributed by atoms with Crippen LogP contribution in [0.4, 0.5) is 0 Å². The van der Waals surface area contributed by atoms with Crippen molar-refractivity contribution in [1.29, 1.82) is 0 Å². The van der Waals surface area contributed by atoms with Crippen LogP contribution in [0.1, 0.15) is 97.7 Å². The fourth-order valence-electron chi connectivity index (χ4n) is 10.1. The highest BCUT2D eigenvalue weighted by atomic mass is 32.1. The molecule has 2 N–H and O–H groups in total. The molecule has 256 valence electrons. The number of carbonyl (C=O) groups is 5. The number of ketones is 3. The number of hydrogen-bond acceptors (Lipinski definition) is 10. The molecule has 47 heavy (non-hydrogen) atoms. The Balaban J connectivity index is 1.50. The number of fused-ring (bicyclic) bond motifs is 5. The first-order chi connectivity index (χ1) is 21.5. The highest BCUT2D eigenvalue weighted by Crippen LogP contribution is 2.74. The molecule has 0 aliphatic heterocycles. The largest absolute Gasteiger partial charge is 0.456 e. The van der Waals surface area contributed by atoms with E-state index in [1.54, 1.807) is 31.4 Å². The molecule has 9 atom stereocenters. The van der Waals surface area contributed by atoms with Crippen LogP contribution in [0.15, 0.2) is 41.3 Å². The van der Waals surface area contributed by atoms with Crippen molar-refractivity contribution < 1.29 is 43.7 Å². The molecule has 0 aromatic carbocycles. The van der Waals surface area contributed by atoms with Crippen LogP contribution in [0.3, 0.4) is 0 Å². The summed E-state index contributed by atoms with van der Waals surface area (Å²) in [5.74, 6) is -3.60. The molecule has 1 aromatic heterocycles. The van der Waals surface area contributed by atoms with Crippen LogP contribution in [0, 0.1) is 39.4 Å². The van der Waals surface area contributed by atoms with Gasteiger partial charge < -0.3 is 19.7 Å². The van der Waals surface area contributed by atoms with Crippen molar-refractivity contribution in [1.82, 2.24) is 0 Å². The van der Waals surface area contributed by atoms with Gasteiger partial charge in [-0.15, -0.1) is 11.3 Å². The molecule has 10 heteroatoms. The van der Waals surface area contributed by atoms with Crippen LogP contribution >= 0.6 is 11.3 Å². The predicted molar refractivity (Wildman–Crippen MR) is 175 cm³/mol. The van der Waals surface area contributed by atoms with E-state index in [1.165, 1.54) is 37.3 Å². The Kier molecular flexibility index (Phi) is 8.51. The summed E-state index contributed by atoms with van der Waals surface area (Å²) in [7, 11) is 0. The summed E-state index contributed by atoms with van der Waals surface area (Å²) >= 11 is 1.24. The molecule has 0 spiro atoms. The second kappa shape index (κ2) is 11.3. The normalized spacial score (nSPS) is 37.7. The lowest BCUT2D eigenvalue weighted by molar-refractivity contribution is -0.183. The summed E-state index contributed by atoms with van der Waals surface area (Å²) < 4.78 is 11.1. The van der Waals surface area contributed by atoms with Gasteiger partial charge in [0, 0.05) is 30.1 Å². The summed E-state index contributed by atoms with van der Waals surface area (Å²) in [6.07, 6.45) is 3.53. The van der Waals surface area contributed by atoms with E-state index in [0.29, 0.717) is 11.3 Å². The van der Waals surface area contributed by atoms with Crippen molar-refractivity contribution in [2.24, 2.45) is 39.4 Å². The third-order valence-corrected chi connectivity index (χ3v) is 13.4. The van der Waals surface area contributed by atoms with Gasteiger partial charge in [-0.3, -0.25) is 19.2 Å². The Hall–Kier alpha value is -2.95. The number of hydrogen-bond donors (Lipinski definition) is 2. The molecular formula is C37H48O9S. The molecule has 1 aromatic rings. The third-order valence-electron chi connectivity index (χ3n) is 12.5. The van der Waals surface area contributed by atoms with Gasteiger partial charge in [0.05, 0.1) is 6.10 Å². The van der Waals surface area contributed by atoms with Crippen LogP contribution in [0.2, 0.25) is 0 Å². The first kappa shape index (κ1) is 35.4. The van der Waals surface area contributed by atoms with E-state index in [9.17, 15) is 34.2 Å². The van der Waals surface area contributed by atoms with Crippen LogP contribution < -0.4 is 0 Å². The summed E-state index contributed by atoms with van der Waals surface area (Å²) in [4.78, 5) is 67.0. The molecule has 4 aliphatic carbocycles. The zero-order valence-corrected chi connectivity index (χ0v) is 29.7. The SMILES string of the molecule is CC(=O)OC(C)(C)/C=C/C(=O)[C@](C)(O)[C@H]1[C@H](O)C[C@@]2(C)[C@@H]3CC=C4[C@@H](C[C@H](OC(=O)c5cccs5)C(=O)C4(C)C)[C@]3(C)C(=O)C[C@]12C. The lowest BCUT2D eigenvalue weighted by Crippen LogP contribution is -2.65. The summed E-state index contributed by atoms with van der Waals surface area (Å²) in [5.41, 5.74) is -5.78. The lowest BCUT2D eigenvalue weighted by Gasteiger charge is -2.64. The Bertz CT molecular complexity index is 1570. The minimum Gasteiger partial charge on any atom is -0.456 e. The first-order valence-electron chi connectivity index (χ1n) is 16.4. The van der Waals surface area contributed by atoms with Gasteiger partial charge in [0.15, 0.2) is 17.7 Å². The van der Waals surface area contributed by atoms with Crippen molar-refractivity contribution in [2.75, 3.05) is 0 Å². The zero-order valence-electron chi connectivity index (χ0n) is 28.8. The molecule has 9 nitrogen and oxygen atoms in total. The molecule has 4 aliphatic rings. The number of aliphatic hydroxyl groups excluding tert-OH is 1. The topological polar surface area (TPSA) is 144 Å². The quantitative estimate of drug-likeness (QED) is 0.221. The Morgan fingerprint density at radius 2 is 1.72 bits per heavy atom. The summed E-state index contributed by atoms with van der Waals surface area (Å²) in [5, 5.41) is 25.4. The van der Waals surface area contributed by atoms with Gasteiger partial charge in [0.25, 0.3) is 0 Å². The smallest absolute Gasteiger partial charge is 0.349 e. The van der Waals surface area contributed by atoms with Gasteiger partial charge in [-0.25, -0.2) is 4.79 Å². The van der Waals surface area contributed by atoms with Gasteiger partial charge in [0.2, 0.25) is 0 Å². The summed E-state index contributed by atoms with van der Waals surface area (Å²) in [6, 6.07) is 3.40. The van der Waals surface area contributed by atoms with Gasteiger partial charge in [-0.2, -0.15) is 0 Å². The maximum atomic E-state index is 14.7. The van der Waals surface area contributed by atoms with Crippen molar-refractivity contribution in [2.45, 2.75) is 111 Å². The number of rotatable bonds is 7. The Morgan fingerprint density at radius 3 is 2.32 bits per heavy atom. The van der Waals surface area contributed by atoms with Gasteiger partial charge in [-0.1, -0.05) is 38.5 Å². The van der Waals surface area contributed by atoms with Crippen LogP contribution in [-0.2, 0) is 28.7 Å². The van der Waals surface area contributed by atoms with E-state index in [-0.39, 0.29) is 42.7 Å². The van der Waals surface area contributed by atoms with E-state index in [2.05, 4.69) is 13.0 Å². The number of Topliss-reactive ketones (excluding diaryl/α,β-unsaturated/α-hetero) is 2. The van der Waals surface area contributed by atoms with Gasteiger partial charge in [-0.05, 0) is 100 Å². The van der Waals surface area contributed by atoms with Crippen molar-refractivity contribution in [3.05, 3.63) is 46.2 Å². The lowest BCUT2D eigenvalue weighted by atomic mass is 9.38. The highest BCUT2D eigenvalue weighted by Gasteiger charge is 2.74. The molecule has 5 rings (SSSR count). The minimum atomic E-state index is -2.03. The number of aliphatic hydroxyl groups is 2. The van der Waals surface area contributed by atoms with Crippen molar-refractivity contribution in [3.63, 3.8) is 0 Å². The van der Waals surface area contributed by atoms with Crippen molar-refractivity contribution in [3.8, 4) is 0 Å². The molecule has 0 amide bonds. The van der Waals surface area contributed by atoms with Crippen molar-refractivity contribution >= 4 is 40.6 Å². The zero-order chi connectivity index (χ0) is 35.1. The first-order valence-corrected chi connectivity index (χ1v) is 17.3. The molecule has 1 heterocycles. The van der Waals surface area contributed by atoms with Gasteiger partial charge in [0.1, 0.15) is 21.9 Å². The number of carbonyl (C=O) groups excluding carboxylic acids is 5. The van der Waals surface area contributed by atoms with Crippen LogP contribution in [0.25, 0.3) is 0 Å². The highest BCUT2D eigenvalue weighted by molar-refractivity contribution is 7.11. The fraction of sp³-hybridized carbons (Fsp3) is 0.649. The molecule has 0 bridgehead atoms. The maximum Gasteiger partial charge on any atom is 0.349 e. The molecule has 0 unspecified atom stereocenters. The van der Waals surface area contributed by atoms with E-state index in [1.807, 2.05) is 27.7 Å². The van der Waals surface area contributed by atoms with E-state index < -0.39 is 68.7 Å². The standard InChI is InChI=1S/C37H48O9S/c1-20(38)46-32(2,3)15-14-27(40)37(9,44)29-23(39)18-34(6)26-13-12-21-22(36(26,8)28(41)19-35(29,34)7)17-24(30(42)33(21,4)5)45-31(43)25-11-10-16-47-25/h10-12,14-16,22-24,26,29,39,44H,13,17-19H2,1-9H3/b15-14+/t22-,23-,24+,26+,29+,34+,35-,36+,37+/m1/s1. The fourth-order valence-corrected chi connectivity index (χ4v) is 10.7. The summed E-state index contributed by atoms with van der Waals surface area (Å²) in [6.45, 7) is 15.5. The van der Waals surface area contributed by atoms with Crippen LogP contribution in [0.5, 0.6) is 0 Å². The van der Waals surface area contributed by atoms with Gasteiger partial charge >= 0.3 is 11.9 Å². The second-order valence-electron chi connectivity index (χ2n) is 16.1. The predicted octanol–water partition coefficient (Wildman–Crippen LogP) is 5.43. The molecule has 0 radical (unpaired) electrons. The Labute approximate surface area is 280 Å². The molecule has 0 saturated heterocycles. The number of esters is 2. The maximum absolute atomic E-state index is 14.7. The van der Waals surface area contributed by atoms with E-state index in [4.69, 9.17) is 9.47 Å². The molecule has 3 fully saturated rings. The molecular weight excluding hydrogens is 620 g/mol. The van der Waals surface area contributed by atoms with E-state index >= 15 is 0 Å². The number of ether oxygens (including phenoxy) is 2. The van der Waals surface area contributed by atoms with E-state index in [0.717, 1.165) is 5.57 Å². The third kappa shape index (κ3) is 5.29. The average Bonchev–Trinajstić information content (AvgIpc) is 3.55. The number of thiophene rings is 1. The second-order valence-corrected chi connectivity index (χ2v) is 17.1. The minimum absolute atomic E-state index is 0.0160. The number of allylic oxidation sites excluding steroid dienone is 2. The molecule has 3 saturated carbocycles. The monoisotopic (exact) mass is 668 g/mol.